The van der Waals surface area contributed by atoms with Crippen molar-refractivity contribution in [1.82, 2.24) is 0 Å². The zero-order valence-electron chi connectivity index (χ0n) is 11.6. The van der Waals surface area contributed by atoms with Crippen LogP contribution in [0.3, 0.4) is 0 Å². The van der Waals surface area contributed by atoms with E-state index >= 15 is 0 Å². The summed E-state index contributed by atoms with van der Waals surface area (Å²) in [5.41, 5.74) is 1.34. The molecular weight excluding hydrogens is 248 g/mol. The van der Waals surface area contributed by atoms with Crippen LogP contribution < -0.4 is 14.8 Å². The van der Waals surface area contributed by atoms with Crippen LogP contribution in [0.4, 0.5) is 17.1 Å². The van der Waals surface area contributed by atoms with Crippen LogP contribution in [-0.2, 0) is 0 Å². The Morgan fingerprint density at radius 3 is 2.53 bits per heavy atom. The Labute approximate surface area is 111 Å². The maximum absolute atomic E-state index is 10.6. The average molecular weight is 260 g/mol. The highest BCUT2D eigenvalue weighted by Crippen LogP contribution is 2.35. The van der Waals surface area contributed by atoms with Crippen LogP contribution in [0, 0.1) is 10.1 Å². The first-order valence-electron chi connectivity index (χ1n) is 6.46. The summed E-state index contributed by atoms with van der Waals surface area (Å²) < 4.78 is 24.7. The van der Waals surface area contributed by atoms with Crippen LogP contribution in [0.2, 0.25) is 0 Å². The fourth-order valence-corrected chi connectivity index (χ4v) is 1.69. The van der Waals surface area contributed by atoms with Gasteiger partial charge in [-0.25, -0.2) is 0 Å². The lowest BCUT2D eigenvalue weighted by atomic mass is 10.2. The molecule has 0 saturated carbocycles. The summed E-state index contributed by atoms with van der Waals surface area (Å²) in [5.74, 6) is 0.626. The van der Waals surface area contributed by atoms with E-state index in [1.165, 1.54) is 12.1 Å². The van der Waals surface area contributed by atoms with Crippen molar-refractivity contribution >= 4 is 17.1 Å². The van der Waals surface area contributed by atoms with Crippen molar-refractivity contribution in [2.24, 2.45) is 0 Å². The van der Waals surface area contributed by atoms with E-state index in [0.29, 0.717) is 22.9 Å². The lowest BCUT2D eigenvalue weighted by molar-refractivity contribution is -0.384. The second kappa shape index (κ2) is 4.49. The molecule has 0 saturated heterocycles. The van der Waals surface area contributed by atoms with Gasteiger partial charge in [-0.3, -0.25) is 10.1 Å². The molecule has 19 heavy (non-hydrogen) atoms. The van der Waals surface area contributed by atoms with Crippen molar-refractivity contribution < 1.29 is 17.1 Å². The predicted molar refractivity (Wildman–Crippen MR) is 68.9 cm³/mol. The molecule has 1 aliphatic heterocycles. The number of nitro benzene ring substituents is 1. The zero-order valence-corrected chi connectivity index (χ0v) is 9.62. The predicted octanol–water partition coefficient (Wildman–Crippen LogP) is 3.07. The van der Waals surface area contributed by atoms with Gasteiger partial charge in [0.05, 0.1) is 4.92 Å². The molecule has 0 fully saturated rings. The molecule has 2 aromatic rings. The molecule has 0 atom stereocenters. The second-order valence-electron chi connectivity index (χ2n) is 3.88. The molecule has 0 amide bonds. The number of anilines is 2. The van der Waals surface area contributed by atoms with Gasteiger partial charge in [-0.15, -0.1) is 0 Å². The third kappa shape index (κ3) is 2.28. The molecule has 0 bridgehead atoms. The Balaban J connectivity index is 1.79. The first-order valence-corrected chi connectivity index (χ1v) is 5.46. The van der Waals surface area contributed by atoms with Crippen molar-refractivity contribution in [3.8, 4) is 11.5 Å². The van der Waals surface area contributed by atoms with Crippen molar-refractivity contribution in [3.05, 3.63) is 52.6 Å². The summed E-state index contributed by atoms with van der Waals surface area (Å²) in [6.07, 6.45) is 0. The van der Waals surface area contributed by atoms with E-state index in [0.717, 1.165) is 0 Å². The number of nitro groups is 1. The number of nitrogens with zero attached hydrogens (tertiary/aromatic N) is 1. The molecule has 0 radical (unpaired) electrons. The van der Waals surface area contributed by atoms with Gasteiger partial charge in [-0.05, 0) is 24.3 Å². The lowest BCUT2D eigenvalue weighted by Crippen LogP contribution is -1.93. The van der Waals surface area contributed by atoms with Gasteiger partial charge in [-0.1, -0.05) is 0 Å². The van der Waals surface area contributed by atoms with Gasteiger partial charge in [0.25, 0.3) is 5.69 Å². The Morgan fingerprint density at radius 1 is 1.11 bits per heavy atom. The number of fused-ring (bicyclic) bond motifs is 1. The van der Waals surface area contributed by atoms with Crippen LogP contribution in [0.5, 0.6) is 11.5 Å². The summed E-state index contributed by atoms with van der Waals surface area (Å²) in [6, 6.07) is 10.9. The lowest BCUT2D eigenvalue weighted by Gasteiger charge is -2.06. The van der Waals surface area contributed by atoms with Gasteiger partial charge in [0, 0.05) is 29.6 Å². The van der Waals surface area contributed by atoms with E-state index in [-0.39, 0.29) is 5.69 Å². The average Bonchev–Trinajstić information content (AvgIpc) is 2.72. The van der Waals surface area contributed by atoms with E-state index < -0.39 is 11.7 Å². The number of ether oxygens (including phenoxy) is 2. The fraction of sp³-hybridized carbons (Fsp3) is 0.0769. The molecule has 3 rings (SSSR count). The summed E-state index contributed by atoms with van der Waals surface area (Å²) in [6.45, 7) is -2.16. The first-order chi connectivity index (χ1) is 9.93. The molecule has 1 heterocycles. The van der Waals surface area contributed by atoms with E-state index in [9.17, 15) is 10.1 Å². The number of benzene rings is 2. The van der Waals surface area contributed by atoms with E-state index in [2.05, 4.69) is 5.32 Å². The Hall–Kier alpha value is -2.76. The largest absolute Gasteiger partial charge is 0.454 e. The van der Waals surface area contributed by atoms with Gasteiger partial charge >= 0.3 is 0 Å². The minimum Gasteiger partial charge on any atom is -0.454 e. The minimum absolute atomic E-state index is 0.0134. The quantitative estimate of drug-likeness (QED) is 0.678. The third-order valence-electron chi connectivity index (χ3n) is 2.61. The van der Waals surface area contributed by atoms with Gasteiger partial charge in [-0.2, -0.15) is 0 Å². The fourth-order valence-electron chi connectivity index (χ4n) is 1.69. The van der Waals surface area contributed by atoms with E-state index in [4.69, 9.17) is 12.2 Å². The standard InChI is InChI=1S/C13H10N2O4/c16-15(17)11-4-1-9(2-5-11)14-10-3-6-12-13(7-10)19-8-18-12/h1-7,14H,8H2/i8D2. The van der Waals surface area contributed by atoms with Gasteiger partial charge in [0.2, 0.25) is 6.75 Å². The number of hydrogen-bond acceptors (Lipinski definition) is 5. The highest BCUT2D eigenvalue weighted by Gasteiger charge is 2.13. The van der Waals surface area contributed by atoms with Gasteiger partial charge in [0.15, 0.2) is 11.5 Å². The SMILES string of the molecule is [2H]C1([2H])Oc2ccc(Nc3ccc([N+](=O)[O-])cc3)cc2O1. The molecule has 0 aromatic heterocycles. The third-order valence-corrected chi connectivity index (χ3v) is 2.61. The molecule has 0 spiro atoms. The van der Waals surface area contributed by atoms with Crippen molar-refractivity contribution in [2.45, 2.75) is 0 Å². The number of non-ortho nitro benzene ring substituents is 1. The highest BCUT2D eigenvalue weighted by molar-refractivity contribution is 5.64. The summed E-state index contributed by atoms with van der Waals surface area (Å²) in [5, 5.41) is 13.6. The molecule has 96 valence electrons. The molecule has 0 unspecified atom stereocenters. The molecular formula is C13H10N2O4. The molecule has 0 aliphatic carbocycles. The van der Waals surface area contributed by atoms with Gasteiger partial charge in [0.1, 0.15) is 2.74 Å². The van der Waals surface area contributed by atoms with Crippen molar-refractivity contribution in [1.29, 1.82) is 0 Å². The zero-order chi connectivity index (χ0) is 15.0. The first kappa shape index (κ1) is 9.21. The van der Waals surface area contributed by atoms with Crippen molar-refractivity contribution in [3.63, 3.8) is 0 Å². The molecule has 6 heteroatoms. The van der Waals surface area contributed by atoms with Crippen LogP contribution in [0.15, 0.2) is 42.5 Å². The Kier molecular flexibility index (Phi) is 2.17. The minimum atomic E-state index is -2.16. The smallest absolute Gasteiger partial charge is 0.269 e. The van der Waals surface area contributed by atoms with Crippen LogP contribution >= 0.6 is 0 Å². The normalized spacial score (nSPS) is 16.4. The monoisotopic (exact) mass is 260 g/mol. The molecule has 1 N–H and O–H groups in total. The van der Waals surface area contributed by atoms with E-state index in [1.807, 2.05) is 0 Å². The topological polar surface area (TPSA) is 73.6 Å². The van der Waals surface area contributed by atoms with Crippen molar-refractivity contribution in [2.75, 3.05) is 12.1 Å². The Morgan fingerprint density at radius 2 is 1.79 bits per heavy atom. The number of nitrogens with one attached hydrogen (secondary N) is 1. The number of hydrogen-bond donors (Lipinski definition) is 1. The molecule has 2 aromatic carbocycles. The highest BCUT2D eigenvalue weighted by atomic mass is 16.7. The van der Waals surface area contributed by atoms with Gasteiger partial charge < -0.3 is 14.8 Å². The second-order valence-corrected chi connectivity index (χ2v) is 3.88. The van der Waals surface area contributed by atoms with E-state index in [1.54, 1.807) is 30.3 Å². The molecule has 6 nitrogen and oxygen atoms in total. The van der Waals surface area contributed by atoms with Crippen LogP contribution in [-0.4, -0.2) is 11.7 Å². The molecule has 1 aliphatic rings. The summed E-state index contributed by atoms with van der Waals surface area (Å²) in [7, 11) is 0. The summed E-state index contributed by atoms with van der Waals surface area (Å²) in [4.78, 5) is 10.1. The number of rotatable bonds is 3. The Bertz CT molecular complexity index is 704. The maximum atomic E-state index is 10.6. The summed E-state index contributed by atoms with van der Waals surface area (Å²) >= 11 is 0. The maximum Gasteiger partial charge on any atom is 0.269 e. The van der Waals surface area contributed by atoms with Crippen LogP contribution in [0.25, 0.3) is 0 Å². The van der Waals surface area contributed by atoms with Crippen LogP contribution in [0.1, 0.15) is 2.74 Å².